The Labute approximate surface area is 139 Å². The van der Waals surface area contributed by atoms with E-state index in [2.05, 4.69) is 60.4 Å². The van der Waals surface area contributed by atoms with Gasteiger partial charge in [-0.25, -0.2) is 0 Å². The highest BCUT2D eigenvalue weighted by Gasteiger charge is 2.46. The number of methoxy groups -OCH3 is 1. The Kier molecular flexibility index (Phi) is 6.49. The molecule has 0 aromatic heterocycles. The van der Waals surface area contributed by atoms with Crippen LogP contribution in [0.1, 0.15) is 34.1 Å². The summed E-state index contributed by atoms with van der Waals surface area (Å²) < 4.78 is 24.5. The molecule has 1 aliphatic heterocycles. The molecule has 0 unspecified atom stereocenters. The first-order valence-electron chi connectivity index (χ1n) is 8.31. The van der Waals surface area contributed by atoms with Crippen LogP contribution >= 0.6 is 0 Å². The summed E-state index contributed by atoms with van der Waals surface area (Å²) in [5.74, 6) is 0. The van der Waals surface area contributed by atoms with E-state index in [1.807, 2.05) is 0 Å². The molecule has 6 heteroatoms. The molecule has 0 N–H and O–H groups in total. The summed E-state index contributed by atoms with van der Waals surface area (Å²) in [5, 5.41) is 0.175. The van der Waals surface area contributed by atoms with Crippen LogP contribution in [0.4, 0.5) is 0 Å². The first kappa shape index (κ1) is 20.3. The van der Waals surface area contributed by atoms with Crippen molar-refractivity contribution in [3.05, 3.63) is 0 Å². The molecule has 0 saturated carbocycles. The molecule has 1 heterocycles. The fourth-order valence-corrected chi connectivity index (χ4v) is 4.92. The Morgan fingerprint density at radius 3 is 1.95 bits per heavy atom. The molecule has 4 atom stereocenters. The number of hydrogen-bond acceptors (Lipinski definition) is 4. The smallest absolute Gasteiger partial charge is 0.192 e. The van der Waals surface area contributed by atoms with Gasteiger partial charge < -0.3 is 18.3 Å². The lowest BCUT2D eigenvalue weighted by Gasteiger charge is -2.47. The highest BCUT2D eigenvalue weighted by molar-refractivity contribution is 6.74. The van der Waals surface area contributed by atoms with Gasteiger partial charge in [0.1, 0.15) is 0 Å². The van der Waals surface area contributed by atoms with Crippen molar-refractivity contribution in [2.75, 3.05) is 7.11 Å². The van der Waals surface area contributed by atoms with Crippen molar-refractivity contribution >= 4 is 16.6 Å². The monoisotopic (exact) mass is 348 g/mol. The van der Waals surface area contributed by atoms with Gasteiger partial charge >= 0.3 is 0 Å². The first-order valence-corrected chi connectivity index (χ1v) is 14.6. The van der Waals surface area contributed by atoms with E-state index in [0.29, 0.717) is 0 Å². The molecule has 0 bridgehead atoms. The van der Waals surface area contributed by atoms with Gasteiger partial charge in [-0.1, -0.05) is 20.8 Å². The minimum atomic E-state index is -1.87. The van der Waals surface area contributed by atoms with E-state index in [1.165, 1.54) is 0 Å². The Balaban J connectivity index is 2.96. The van der Waals surface area contributed by atoms with E-state index < -0.39 is 16.6 Å². The van der Waals surface area contributed by atoms with Crippen molar-refractivity contribution in [2.45, 2.75) is 96.5 Å². The van der Waals surface area contributed by atoms with E-state index in [4.69, 9.17) is 18.3 Å². The molecule has 0 aromatic rings. The highest BCUT2D eigenvalue weighted by atomic mass is 28.4. The summed E-state index contributed by atoms with van der Waals surface area (Å²) in [6.07, 6.45) is 0.558. The Morgan fingerprint density at radius 2 is 1.55 bits per heavy atom. The summed E-state index contributed by atoms with van der Waals surface area (Å²) in [7, 11) is -1.83. The fourth-order valence-electron chi connectivity index (χ4n) is 2.41. The normalized spacial score (nSPS) is 31.4. The van der Waals surface area contributed by atoms with Gasteiger partial charge in [0.2, 0.25) is 0 Å². The average molecular weight is 349 g/mol. The molecule has 0 amide bonds. The third kappa shape index (κ3) is 5.42. The largest absolute Gasteiger partial charge is 0.412 e. The van der Waals surface area contributed by atoms with Gasteiger partial charge in [-0.05, 0) is 44.7 Å². The van der Waals surface area contributed by atoms with E-state index in [0.717, 1.165) is 6.42 Å². The second-order valence-corrected chi connectivity index (χ2v) is 18.1. The maximum atomic E-state index is 6.66. The van der Waals surface area contributed by atoms with Crippen molar-refractivity contribution in [1.29, 1.82) is 0 Å². The maximum absolute atomic E-state index is 6.66. The first-order chi connectivity index (χ1) is 9.77. The highest BCUT2D eigenvalue weighted by Crippen LogP contribution is 2.40. The molecule has 1 aliphatic rings. The number of hydrogen-bond donors (Lipinski definition) is 0. The van der Waals surface area contributed by atoms with E-state index in [9.17, 15) is 0 Å². The van der Waals surface area contributed by atoms with Gasteiger partial charge in [0.25, 0.3) is 0 Å². The van der Waals surface area contributed by atoms with Crippen molar-refractivity contribution < 1.29 is 18.3 Å². The van der Waals surface area contributed by atoms with Crippen LogP contribution in [0.15, 0.2) is 0 Å². The maximum Gasteiger partial charge on any atom is 0.192 e. The van der Waals surface area contributed by atoms with Crippen LogP contribution in [0.2, 0.25) is 37.8 Å². The van der Waals surface area contributed by atoms with Crippen molar-refractivity contribution in [3.8, 4) is 0 Å². The number of ether oxygens (including phenoxy) is 2. The van der Waals surface area contributed by atoms with Crippen molar-refractivity contribution in [2.24, 2.45) is 0 Å². The van der Waals surface area contributed by atoms with Crippen molar-refractivity contribution in [1.82, 2.24) is 0 Å². The Bertz CT molecular complexity index is 360. The molecule has 22 heavy (non-hydrogen) atoms. The zero-order chi connectivity index (χ0) is 17.3. The molecule has 0 spiro atoms. The summed E-state index contributed by atoms with van der Waals surface area (Å²) >= 11 is 0. The molecular formula is C16H36O4Si2. The Morgan fingerprint density at radius 1 is 1.00 bits per heavy atom. The molecule has 0 radical (unpaired) electrons. The van der Waals surface area contributed by atoms with Gasteiger partial charge in [-0.15, -0.1) is 0 Å². The topological polar surface area (TPSA) is 36.9 Å². The molecule has 1 saturated heterocycles. The lowest BCUT2D eigenvalue weighted by molar-refractivity contribution is -0.230. The fraction of sp³-hybridized carbons (Fsp3) is 1.00. The quantitative estimate of drug-likeness (QED) is 0.691. The van der Waals surface area contributed by atoms with Crippen LogP contribution < -0.4 is 0 Å². The molecule has 4 nitrogen and oxygen atoms in total. The van der Waals surface area contributed by atoms with Gasteiger partial charge in [-0.2, -0.15) is 0 Å². The lowest BCUT2D eigenvalue weighted by atomic mass is 10.0. The lowest BCUT2D eigenvalue weighted by Crippen LogP contribution is -2.57. The second-order valence-electron chi connectivity index (χ2n) is 8.85. The van der Waals surface area contributed by atoms with E-state index >= 15 is 0 Å². The predicted octanol–water partition coefficient (Wildman–Crippen LogP) is 4.38. The predicted molar refractivity (Wildman–Crippen MR) is 96.3 cm³/mol. The zero-order valence-corrected chi connectivity index (χ0v) is 18.1. The molecule has 0 aromatic carbocycles. The third-order valence-electron chi connectivity index (χ3n) is 4.62. The minimum absolute atomic E-state index is 0.0148. The molecular weight excluding hydrogens is 312 g/mol. The zero-order valence-electron chi connectivity index (χ0n) is 16.1. The number of rotatable bonds is 5. The molecule has 132 valence electrons. The summed E-state index contributed by atoms with van der Waals surface area (Å²) in [6.45, 7) is 20.1. The molecule has 0 aliphatic carbocycles. The van der Waals surface area contributed by atoms with Crippen LogP contribution in [0.3, 0.4) is 0 Å². The van der Waals surface area contributed by atoms with Crippen LogP contribution in [0, 0.1) is 0 Å². The summed E-state index contributed by atoms with van der Waals surface area (Å²) in [5.41, 5.74) is 0. The van der Waals surface area contributed by atoms with E-state index in [-0.39, 0.29) is 29.6 Å². The summed E-state index contributed by atoms with van der Waals surface area (Å²) in [4.78, 5) is 0. The standard InChI is InChI=1S/C16H36O4Si2/c1-12-15(20-22(9,10)16(2,3)4)13(19-21(6,7)8)11-14(17-5)18-12/h12-15H,11H2,1-10H3/t12-,13+,14-,15-/m0/s1. The van der Waals surface area contributed by atoms with Crippen LogP contribution in [-0.4, -0.2) is 48.3 Å². The Hall–Kier alpha value is 0.274. The summed E-state index contributed by atoms with van der Waals surface area (Å²) in [6, 6.07) is 0. The van der Waals surface area contributed by atoms with Crippen LogP contribution in [0.25, 0.3) is 0 Å². The van der Waals surface area contributed by atoms with Gasteiger partial charge in [-0.3, -0.25) is 0 Å². The van der Waals surface area contributed by atoms with Gasteiger partial charge in [0, 0.05) is 13.5 Å². The molecule has 1 rings (SSSR count). The van der Waals surface area contributed by atoms with Gasteiger partial charge in [0.05, 0.1) is 18.3 Å². The van der Waals surface area contributed by atoms with Crippen LogP contribution in [0.5, 0.6) is 0 Å². The van der Waals surface area contributed by atoms with Crippen molar-refractivity contribution in [3.63, 3.8) is 0 Å². The molecule has 1 fully saturated rings. The van der Waals surface area contributed by atoms with Gasteiger partial charge in [0.15, 0.2) is 22.9 Å². The van der Waals surface area contributed by atoms with E-state index in [1.54, 1.807) is 7.11 Å². The minimum Gasteiger partial charge on any atom is -0.412 e. The average Bonchev–Trinajstić information content (AvgIpc) is 2.29. The third-order valence-corrected chi connectivity index (χ3v) is 10.1. The SMILES string of the molecule is CO[C@@H]1C[C@@H](O[Si](C)(C)C)[C@@H](O[Si](C)(C)C(C)(C)C)[C@H](C)O1. The second kappa shape index (κ2) is 7.03. The van der Waals surface area contributed by atoms with Crippen LogP contribution in [-0.2, 0) is 18.3 Å².